The lowest BCUT2D eigenvalue weighted by Crippen LogP contribution is -1.94. The molecule has 0 spiro atoms. The van der Waals surface area contributed by atoms with Gasteiger partial charge in [-0.05, 0) is 11.6 Å². The van der Waals surface area contributed by atoms with Crippen molar-refractivity contribution in [3.05, 3.63) is 65.7 Å². The van der Waals surface area contributed by atoms with Crippen LogP contribution >= 0.6 is 0 Å². The number of aldehydes is 1. The van der Waals surface area contributed by atoms with Gasteiger partial charge >= 0.3 is 0 Å². The maximum absolute atomic E-state index is 11.1. The molecule has 4 aromatic rings. The lowest BCUT2D eigenvalue weighted by Gasteiger charge is -2.05. The van der Waals surface area contributed by atoms with Crippen LogP contribution in [0.5, 0.6) is 0 Å². The van der Waals surface area contributed by atoms with Gasteiger partial charge in [0, 0.05) is 30.7 Å². The van der Waals surface area contributed by atoms with Crippen LogP contribution in [0.3, 0.4) is 0 Å². The second-order valence-electron chi connectivity index (χ2n) is 5.61. The largest absolute Gasteiger partial charge is 0.462 e. The Bertz CT molecular complexity index is 1020. The molecule has 3 heterocycles. The van der Waals surface area contributed by atoms with E-state index in [1.54, 1.807) is 23.1 Å². The fourth-order valence-electron chi connectivity index (χ4n) is 2.73. The standard InChI is InChI=1S/C18H14N4O2/c1-22-10-17(20-21-22)13-4-2-12(3-5-13)8-14-9-15(11-23)19-16-6-7-24-18(14)16/h2-7,9-11H,8H2,1H3. The molecular weight excluding hydrogens is 304 g/mol. The molecule has 6 nitrogen and oxygen atoms in total. The Hall–Kier alpha value is -3.28. The van der Waals surface area contributed by atoms with Crippen LogP contribution in [-0.2, 0) is 13.5 Å². The quantitative estimate of drug-likeness (QED) is 0.541. The summed E-state index contributed by atoms with van der Waals surface area (Å²) in [6.07, 6.45) is 4.88. The van der Waals surface area contributed by atoms with Crippen molar-refractivity contribution in [3.8, 4) is 11.3 Å². The first kappa shape index (κ1) is 14.3. The summed E-state index contributed by atoms with van der Waals surface area (Å²) in [5.74, 6) is 0. The summed E-state index contributed by atoms with van der Waals surface area (Å²) in [5, 5.41) is 8.05. The number of nitrogens with zero attached hydrogens (tertiary/aromatic N) is 4. The highest BCUT2D eigenvalue weighted by Gasteiger charge is 2.10. The molecule has 0 atom stereocenters. The SMILES string of the molecule is Cn1cc(-c2ccc(Cc3cc(C=O)nc4ccoc34)cc2)nn1. The number of furan rings is 1. The first-order valence-corrected chi connectivity index (χ1v) is 7.51. The molecule has 3 aromatic heterocycles. The molecule has 0 aliphatic rings. The molecule has 0 N–H and O–H groups in total. The monoisotopic (exact) mass is 318 g/mol. The molecule has 0 aliphatic carbocycles. The van der Waals surface area contributed by atoms with E-state index >= 15 is 0 Å². The van der Waals surface area contributed by atoms with Crippen LogP contribution < -0.4 is 0 Å². The van der Waals surface area contributed by atoms with E-state index in [4.69, 9.17) is 4.42 Å². The minimum Gasteiger partial charge on any atom is -0.462 e. The van der Waals surface area contributed by atoms with Crippen molar-refractivity contribution in [1.82, 2.24) is 20.0 Å². The van der Waals surface area contributed by atoms with Crippen molar-refractivity contribution in [1.29, 1.82) is 0 Å². The molecule has 0 saturated heterocycles. The number of pyridine rings is 1. The van der Waals surface area contributed by atoms with E-state index < -0.39 is 0 Å². The van der Waals surface area contributed by atoms with Crippen LogP contribution in [0.2, 0.25) is 0 Å². The van der Waals surface area contributed by atoms with Crippen molar-refractivity contribution in [2.75, 3.05) is 0 Å². The van der Waals surface area contributed by atoms with E-state index in [2.05, 4.69) is 15.3 Å². The topological polar surface area (TPSA) is 73.8 Å². The summed E-state index contributed by atoms with van der Waals surface area (Å²) in [7, 11) is 1.84. The van der Waals surface area contributed by atoms with Crippen LogP contribution in [0, 0.1) is 0 Å². The highest BCUT2D eigenvalue weighted by atomic mass is 16.3. The van der Waals surface area contributed by atoms with Gasteiger partial charge in [0.25, 0.3) is 0 Å². The Balaban J connectivity index is 1.66. The highest BCUT2D eigenvalue weighted by Crippen LogP contribution is 2.23. The van der Waals surface area contributed by atoms with Gasteiger partial charge in [-0.2, -0.15) is 0 Å². The van der Waals surface area contributed by atoms with Gasteiger partial charge in [0.2, 0.25) is 0 Å². The maximum atomic E-state index is 11.1. The second kappa shape index (κ2) is 5.73. The van der Waals surface area contributed by atoms with Gasteiger partial charge in [-0.25, -0.2) is 4.98 Å². The van der Waals surface area contributed by atoms with Gasteiger partial charge in [0.05, 0.1) is 12.5 Å². The summed E-state index contributed by atoms with van der Waals surface area (Å²) in [4.78, 5) is 15.3. The lowest BCUT2D eigenvalue weighted by atomic mass is 10.0. The summed E-state index contributed by atoms with van der Waals surface area (Å²) >= 11 is 0. The first-order valence-electron chi connectivity index (χ1n) is 7.51. The Morgan fingerprint density at radius 3 is 2.75 bits per heavy atom. The minimum atomic E-state index is 0.412. The van der Waals surface area contributed by atoms with Gasteiger partial charge in [-0.15, -0.1) is 5.10 Å². The third-order valence-corrected chi connectivity index (χ3v) is 3.88. The van der Waals surface area contributed by atoms with Crippen LogP contribution in [0.4, 0.5) is 0 Å². The second-order valence-corrected chi connectivity index (χ2v) is 5.61. The van der Waals surface area contributed by atoms with Gasteiger partial charge in [-0.1, -0.05) is 29.5 Å². The fraction of sp³-hybridized carbons (Fsp3) is 0.111. The summed E-state index contributed by atoms with van der Waals surface area (Å²) in [6, 6.07) is 11.7. The molecule has 0 amide bonds. The highest BCUT2D eigenvalue weighted by molar-refractivity contribution is 5.83. The number of rotatable bonds is 4. The van der Waals surface area contributed by atoms with Crippen LogP contribution in [0.15, 0.2) is 53.3 Å². The first-order chi connectivity index (χ1) is 11.7. The number of aromatic nitrogens is 4. The molecule has 0 aliphatic heterocycles. The summed E-state index contributed by atoms with van der Waals surface area (Å²) in [6.45, 7) is 0. The van der Waals surface area contributed by atoms with Crippen molar-refractivity contribution >= 4 is 17.4 Å². The van der Waals surface area contributed by atoms with Gasteiger partial charge in [0.1, 0.15) is 16.9 Å². The molecular formula is C18H14N4O2. The van der Waals surface area contributed by atoms with E-state index in [9.17, 15) is 4.79 Å². The van der Waals surface area contributed by atoms with Crippen molar-refractivity contribution in [3.63, 3.8) is 0 Å². The van der Waals surface area contributed by atoms with E-state index in [1.165, 1.54) is 0 Å². The van der Waals surface area contributed by atoms with E-state index in [1.807, 2.05) is 37.5 Å². The molecule has 0 radical (unpaired) electrons. The predicted octanol–water partition coefficient (Wildman–Crippen LogP) is 3.03. The van der Waals surface area contributed by atoms with Gasteiger partial charge < -0.3 is 4.42 Å². The van der Waals surface area contributed by atoms with Crippen molar-refractivity contribution in [2.24, 2.45) is 7.05 Å². The normalized spacial score (nSPS) is 11.0. The third kappa shape index (κ3) is 2.58. The Labute approximate surface area is 137 Å². The molecule has 0 fully saturated rings. The molecule has 118 valence electrons. The zero-order chi connectivity index (χ0) is 16.5. The molecule has 6 heteroatoms. The molecule has 0 unspecified atom stereocenters. The zero-order valence-corrected chi connectivity index (χ0v) is 13.0. The Morgan fingerprint density at radius 1 is 1.21 bits per heavy atom. The number of carbonyl (C=O) groups excluding carboxylic acids is 1. The van der Waals surface area contributed by atoms with E-state index in [-0.39, 0.29) is 0 Å². The number of benzene rings is 1. The number of aryl methyl sites for hydroxylation is 1. The van der Waals surface area contributed by atoms with Crippen LogP contribution in [0.25, 0.3) is 22.4 Å². The summed E-state index contributed by atoms with van der Waals surface area (Å²) in [5.41, 5.74) is 5.74. The number of hydrogen-bond donors (Lipinski definition) is 0. The predicted molar refractivity (Wildman–Crippen MR) is 88.6 cm³/mol. The zero-order valence-electron chi connectivity index (χ0n) is 13.0. The minimum absolute atomic E-state index is 0.412. The van der Waals surface area contributed by atoms with Crippen molar-refractivity contribution in [2.45, 2.75) is 6.42 Å². The molecule has 4 rings (SSSR count). The molecule has 0 saturated carbocycles. The molecule has 24 heavy (non-hydrogen) atoms. The smallest absolute Gasteiger partial charge is 0.168 e. The fourth-order valence-corrected chi connectivity index (χ4v) is 2.73. The average Bonchev–Trinajstić information content (AvgIpc) is 3.24. The van der Waals surface area contributed by atoms with E-state index in [0.29, 0.717) is 17.6 Å². The molecule has 1 aromatic carbocycles. The van der Waals surface area contributed by atoms with Crippen LogP contribution in [0.1, 0.15) is 21.6 Å². The lowest BCUT2D eigenvalue weighted by molar-refractivity contribution is 0.111. The Morgan fingerprint density at radius 2 is 2.04 bits per heavy atom. The number of fused-ring (bicyclic) bond motifs is 1. The number of carbonyl (C=O) groups is 1. The van der Waals surface area contributed by atoms with Gasteiger partial charge in [0.15, 0.2) is 11.9 Å². The van der Waals surface area contributed by atoms with E-state index in [0.717, 1.165) is 34.3 Å². The average molecular weight is 318 g/mol. The third-order valence-electron chi connectivity index (χ3n) is 3.88. The van der Waals surface area contributed by atoms with Crippen molar-refractivity contribution < 1.29 is 9.21 Å². The summed E-state index contributed by atoms with van der Waals surface area (Å²) < 4.78 is 7.19. The van der Waals surface area contributed by atoms with Crippen LogP contribution in [-0.4, -0.2) is 26.3 Å². The maximum Gasteiger partial charge on any atom is 0.168 e. The Kier molecular flexibility index (Phi) is 3.42. The van der Waals surface area contributed by atoms with Gasteiger partial charge in [-0.3, -0.25) is 9.48 Å². The molecule has 0 bridgehead atoms. The number of hydrogen-bond acceptors (Lipinski definition) is 5.